The van der Waals surface area contributed by atoms with Gasteiger partial charge in [-0.15, -0.1) is 0 Å². The van der Waals surface area contributed by atoms with Gasteiger partial charge in [0.25, 0.3) is 0 Å². The van der Waals surface area contributed by atoms with E-state index in [2.05, 4.69) is 173 Å². The molecule has 8 bridgehead atoms. The number of allylic oxidation sites excluding steroid dienone is 4. The molecule has 3 aromatic heterocycles. The van der Waals surface area contributed by atoms with Crippen LogP contribution in [0, 0.1) is 13.8 Å². The number of nitrogens with one attached hydrogen (secondary N) is 6. The van der Waals surface area contributed by atoms with Crippen LogP contribution < -0.4 is 71.3 Å². The summed E-state index contributed by atoms with van der Waals surface area (Å²) in [5.74, 6) is -0.823. The van der Waals surface area contributed by atoms with Gasteiger partial charge >= 0.3 is 42.1 Å². The van der Waals surface area contributed by atoms with Crippen molar-refractivity contribution in [1.82, 2.24) is 61.2 Å². The van der Waals surface area contributed by atoms with E-state index in [1.807, 2.05) is 0 Å². The molecule has 0 radical (unpaired) electrons. The van der Waals surface area contributed by atoms with Gasteiger partial charge in [-0.25, -0.2) is 9.97 Å². The number of hydrazine groups is 2. The number of amides is 4. The van der Waals surface area contributed by atoms with Gasteiger partial charge in [-0.2, -0.15) is 0 Å². The predicted octanol–water partition coefficient (Wildman–Crippen LogP) is -1.77. The number of fused-ring (bicyclic) bond motifs is 8. The van der Waals surface area contributed by atoms with E-state index in [9.17, 15) is 19.2 Å². The second kappa shape index (κ2) is 41.9. The van der Waals surface area contributed by atoms with Crippen molar-refractivity contribution in [3.63, 3.8) is 0 Å². The summed E-state index contributed by atoms with van der Waals surface area (Å²) < 4.78 is 0. The number of halogens is 4. The Balaban J connectivity index is 0. The zero-order valence-electron chi connectivity index (χ0n) is 52.5. The summed E-state index contributed by atoms with van der Waals surface area (Å²) in [5.41, 5.74) is 27.1. The summed E-state index contributed by atoms with van der Waals surface area (Å²) in [6.07, 6.45) is 15.3. The van der Waals surface area contributed by atoms with Crippen molar-refractivity contribution in [3.05, 3.63) is 69.3 Å². The van der Waals surface area contributed by atoms with Gasteiger partial charge in [0.15, 0.2) is 0 Å². The minimum atomic E-state index is -0.235. The summed E-state index contributed by atoms with van der Waals surface area (Å²) >= 11 is 0. The van der Waals surface area contributed by atoms with Gasteiger partial charge < -0.3 is 79.2 Å². The SMILES string of the molecule is CCc1c(C)c2cc3[nH]c(cc4nc(cc5nc(cc1[nH]2)C(C)=C5CCCC(=O)NNC(=O)CCCCCCC(CN(C)C)N(C)C)C(CCCC(=O)NNC(=O)CCCCCCC(CN(C)C)N(C)C)=C4C)c(C)c3CC.[Cl-].[Cl-].[Cl-].[Cl-].[Pt+2].[Pt+2]. The number of hydrogen-bond acceptors (Lipinski definition) is 10. The molecule has 2 aliphatic rings. The van der Waals surface area contributed by atoms with Crippen molar-refractivity contribution < 1.29 is 111 Å². The van der Waals surface area contributed by atoms with Gasteiger partial charge in [-0.1, -0.05) is 52.4 Å². The van der Waals surface area contributed by atoms with E-state index in [4.69, 9.17) is 9.97 Å². The summed E-state index contributed by atoms with van der Waals surface area (Å²) in [4.78, 5) is 78.9. The van der Waals surface area contributed by atoms with E-state index < -0.39 is 0 Å². The normalized spacial score (nSPS) is 12.6. The van der Waals surface area contributed by atoms with Crippen LogP contribution in [0.4, 0.5) is 0 Å². The van der Waals surface area contributed by atoms with Gasteiger partial charge in [0.2, 0.25) is 23.6 Å². The summed E-state index contributed by atoms with van der Waals surface area (Å²) in [7, 11) is 17.0. The van der Waals surface area contributed by atoms with Crippen LogP contribution in [-0.2, 0) is 74.2 Å². The molecule has 22 heteroatoms. The van der Waals surface area contributed by atoms with Gasteiger partial charge in [0, 0.05) is 72.9 Å². The molecule has 0 spiro atoms. The maximum absolute atomic E-state index is 13.2. The largest absolute Gasteiger partial charge is 2.00 e. The molecule has 4 amide bonds. The monoisotopic (exact) mass is 1600 g/mol. The maximum atomic E-state index is 13.2. The minimum Gasteiger partial charge on any atom is -1.00 e. The van der Waals surface area contributed by atoms with E-state index in [-0.39, 0.29) is 128 Å². The van der Waals surface area contributed by atoms with Crippen LogP contribution in [0.5, 0.6) is 0 Å². The molecule has 16 nitrogen and oxygen atoms in total. The van der Waals surface area contributed by atoms with E-state index in [1.54, 1.807) is 0 Å². The number of rotatable bonds is 30. The minimum absolute atomic E-state index is 0. The summed E-state index contributed by atoms with van der Waals surface area (Å²) in [5, 5.41) is 0. The fourth-order valence-electron chi connectivity index (χ4n) is 11.0. The number of H-pyrrole nitrogens is 2. The van der Waals surface area contributed by atoms with Crippen molar-refractivity contribution >= 4 is 68.0 Å². The first kappa shape index (κ1) is 82.9. The zero-order chi connectivity index (χ0) is 57.1. The average Bonchev–Trinajstić information content (AvgIpc) is 4.05. The molecule has 6 N–H and O–H groups in total. The standard InChI is InChI=1S/C62H98N12O4.4ClH.2Pt/c1-15-47-41(3)51-35-52-43(5)49(29-25-33-61(77)69-67-59(75)31-23-19-17-21-27-45(73(11)12)39-71(7)8)57(65-52)38-58-50(44(6)54(66-58)37-56-48(16-2)42(4)53(64-56)36-55(47)63-51)30-26-34-62(78)70-68-60(76)32-24-20-18-22-28-46(74(13)14)40-72(9)10;;;;;;/h35-38,45-46,63-64H,15-34,39-40H2,1-14H3,(H,67,75)(H,68,76)(H,69,77)(H,70,78);4*1H;;/q;;;;;2*+2/p-4. The molecule has 3 aromatic rings. The van der Waals surface area contributed by atoms with Gasteiger partial charge in [0.05, 0.1) is 22.8 Å². The molecule has 0 saturated carbocycles. The third-order valence-corrected chi connectivity index (χ3v) is 15.8. The second-order valence-corrected chi connectivity index (χ2v) is 22.9. The Morgan fingerprint density at radius 1 is 0.440 bits per heavy atom. The Morgan fingerprint density at radius 2 is 0.762 bits per heavy atom. The Morgan fingerprint density at radius 3 is 1.11 bits per heavy atom. The van der Waals surface area contributed by atoms with Gasteiger partial charge in [-0.3, -0.25) is 40.9 Å². The molecular formula is C62H98Cl4N12O4Pt2. The van der Waals surface area contributed by atoms with E-state index in [0.717, 1.165) is 157 Å². The van der Waals surface area contributed by atoms with Crippen LogP contribution in [0.1, 0.15) is 188 Å². The fourth-order valence-corrected chi connectivity index (χ4v) is 11.0. The molecular weight excluding hydrogens is 1510 g/mol. The van der Waals surface area contributed by atoms with Crippen LogP contribution in [0.25, 0.3) is 44.4 Å². The number of likely N-dealkylation sites (N-methyl/N-ethyl adjacent to an activating group) is 4. The number of carbonyl (C=O) groups excluding carboxylic acids is 4. The Bertz CT molecular complexity index is 2780. The molecule has 2 aliphatic heterocycles. The Kier molecular flexibility index (Phi) is 41.4. The van der Waals surface area contributed by atoms with Crippen LogP contribution in [-0.4, -0.2) is 145 Å². The molecule has 2 unspecified atom stereocenters. The van der Waals surface area contributed by atoms with Crippen LogP contribution in [0.2, 0.25) is 0 Å². The van der Waals surface area contributed by atoms with Crippen LogP contribution >= 0.6 is 0 Å². The molecule has 0 aromatic carbocycles. The van der Waals surface area contributed by atoms with E-state index >= 15 is 0 Å². The smallest absolute Gasteiger partial charge is 1.00 e. The molecule has 5 heterocycles. The number of nitrogens with zero attached hydrogens (tertiary/aromatic N) is 6. The molecule has 84 heavy (non-hydrogen) atoms. The number of hydrogen-bond donors (Lipinski definition) is 6. The van der Waals surface area contributed by atoms with E-state index in [1.165, 1.54) is 22.3 Å². The van der Waals surface area contributed by atoms with Gasteiger partial charge in [0.1, 0.15) is 0 Å². The first-order valence-electron chi connectivity index (χ1n) is 29.1. The number of carbonyl (C=O) groups is 4. The fraction of sp³-hybridized carbons (Fsp3) is 0.613. The third kappa shape index (κ3) is 25.5. The Labute approximate surface area is 556 Å². The molecule has 0 saturated heterocycles. The maximum Gasteiger partial charge on any atom is 2.00 e. The molecule has 5 rings (SSSR count). The number of aromatic amines is 2. The van der Waals surface area contributed by atoms with Crippen molar-refractivity contribution in [1.29, 1.82) is 0 Å². The Hall–Kier alpha value is -3.14. The third-order valence-electron chi connectivity index (χ3n) is 15.8. The number of unbranched alkanes of at least 4 members (excludes halogenated alkanes) is 6. The molecule has 0 fully saturated rings. The number of aromatic nitrogens is 4. The predicted molar refractivity (Wildman–Crippen MR) is 322 cm³/mol. The van der Waals surface area contributed by atoms with Crippen molar-refractivity contribution in [2.45, 2.75) is 182 Å². The molecule has 2 atom stereocenters. The first-order valence-corrected chi connectivity index (χ1v) is 29.1. The first-order chi connectivity index (χ1) is 37.2. The summed E-state index contributed by atoms with van der Waals surface area (Å²) in [6, 6.07) is 9.62. The van der Waals surface area contributed by atoms with Crippen molar-refractivity contribution in [2.75, 3.05) is 69.5 Å². The quantitative estimate of drug-likeness (QED) is 0.0330. The average molecular weight is 1610 g/mol. The molecule has 478 valence electrons. The molecule has 0 aliphatic carbocycles. The summed E-state index contributed by atoms with van der Waals surface area (Å²) in [6.45, 7) is 15.0. The van der Waals surface area contributed by atoms with Crippen LogP contribution in [0.3, 0.4) is 0 Å². The number of aryl methyl sites for hydroxylation is 4. The zero-order valence-corrected chi connectivity index (χ0v) is 60.0. The van der Waals surface area contributed by atoms with Crippen molar-refractivity contribution in [3.8, 4) is 0 Å². The van der Waals surface area contributed by atoms with Crippen LogP contribution in [0.15, 0.2) is 24.3 Å². The topological polar surface area (TPSA) is 187 Å². The second-order valence-electron chi connectivity index (χ2n) is 22.9. The van der Waals surface area contributed by atoms with Crippen molar-refractivity contribution in [2.24, 2.45) is 0 Å². The van der Waals surface area contributed by atoms with Gasteiger partial charge in [-0.05, 0) is 217 Å². The van der Waals surface area contributed by atoms with E-state index in [0.29, 0.717) is 50.6 Å².